The van der Waals surface area contributed by atoms with Gasteiger partial charge in [-0.3, -0.25) is 0 Å². The smallest absolute Gasteiger partial charge is 0.124 e. The van der Waals surface area contributed by atoms with E-state index in [1.54, 1.807) is 0 Å². The van der Waals surface area contributed by atoms with Gasteiger partial charge in [0.2, 0.25) is 0 Å². The Kier molecular flexibility index (Phi) is 3.05. The van der Waals surface area contributed by atoms with E-state index in [1.165, 1.54) is 17.7 Å². The van der Waals surface area contributed by atoms with Gasteiger partial charge in [-0.2, -0.15) is 0 Å². The molecule has 0 fully saturated rings. The summed E-state index contributed by atoms with van der Waals surface area (Å²) in [6.07, 6.45) is 3.84. The fourth-order valence-electron chi connectivity index (χ4n) is 2.22. The molecular formula is C13H17NO. The first-order chi connectivity index (χ1) is 7.35. The minimum Gasteiger partial charge on any atom is -0.371 e. The lowest BCUT2D eigenvalue weighted by atomic mass is 10.1. The van der Waals surface area contributed by atoms with E-state index in [4.69, 9.17) is 0 Å². The number of nitrogens with zero attached hydrogens (tertiary/aromatic N) is 1. The Labute approximate surface area is 90.9 Å². The van der Waals surface area contributed by atoms with Crippen LogP contribution in [0.25, 0.3) is 0 Å². The predicted octanol–water partition coefficient (Wildman–Crippen LogP) is 2.20. The third kappa shape index (κ3) is 2.04. The Bertz CT molecular complexity index is 358. The first-order valence-corrected chi connectivity index (χ1v) is 5.65. The highest BCUT2D eigenvalue weighted by molar-refractivity contribution is 5.63. The Morgan fingerprint density at radius 1 is 1.47 bits per heavy atom. The maximum Gasteiger partial charge on any atom is 0.124 e. The number of hydrogen-bond acceptors (Lipinski definition) is 2. The van der Waals surface area contributed by atoms with Crippen molar-refractivity contribution < 1.29 is 4.79 Å². The largest absolute Gasteiger partial charge is 0.371 e. The molecule has 0 aromatic heterocycles. The molecule has 1 aromatic carbocycles. The third-order valence-electron chi connectivity index (χ3n) is 2.95. The molecule has 0 N–H and O–H groups in total. The molecule has 0 saturated carbocycles. The van der Waals surface area contributed by atoms with Crippen molar-refractivity contribution in [2.45, 2.75) is 26.2 Å². The number of hydrogen-bond donors (Lipinski definition) is 0. The minimum absolute atomic E-state index is 0.535. The summed E-state index contributed by atoms with van der Waals surface area (Å²) in [7, 11) is 0. The zero-order chi connectivity index (χ0) is 10.7. The minimum atomic E-state index is 0.535. The highest BCUT2D eigenvalue weighted by atomic mass is 16.1. The van der Waals surface area contributed by atoms with Crippen LogP contribution in [0.2, 0.25) is 0 Å². The molecule has 0 aliphatic carbocycles. The normalized spacial score (nSPS) is 14.1. The monoisotopic (exact) mass is 203 g/mol. The van der Waals surface area contributed by atoms with Crippen LogP contribution in [-0.2, 0) is 17.6 Å². The fraction of sp³-hybridized carbons (Fsp3) is 0.462. The van der Waals surface area contributed by atoms with Crippen molar-refractivity contribution in [3.63, 3.8) is 0 Å². The predicted molar refractivity (Wildman–Crippen MR) is 62.4 cm³/mol. The van der Waals surface area contributed by atoms with Gasteiger partial charge in [0, 0.05) is 25.2 Å². The molecule has 1 heterocycles. The van der Waals surface area contributed by atoms with Crippen LogP contribution in [0.4, 0.5) is 5.69 Å². The van der Waals surface area contributed by atoms with Crippen molar-refractivity contribution in [3.8, 4) is 0 Å². The number of aldehydes is 1. The molecule has 2 rings (SSSR count). The molecule has 1 aromatic rings. The van der Waals surface area contributed by atoms with Gasteiger partial charge in [-0.1, -0.05) is 19.1 Å². The van der Waals surface area contributed by atoms with Gasteiger partial charge in [-0.15, -0.1) is 0 Å². The standard InChI is InChI=1S/C13H17NO/c1-2-7-14-8-5-12-4-3-11(6-9-15)10-13(12)14/h3-4,9-10H,2,5-8H2,1H3. The summed E-state index contributed by atoms with van der Waals surface area (Å²) >= 11 is 0. The molecule has 2 nitrogen and oxygen atoms in total. The number of rotatable bonds is 4. The molecule has 0 radical (unpaired) electrons. The Morgan fingerprint density at radius 2 is 2.33 bits per heavy atom. The zero-order valence-corrected chi connectivity index (χ0v) is 9.20. The zero-order valence-electron chi connectivity index (χ0n) is 9.20. The van der Waals surface area contributed by atoms with Crippen molar-refractivity contribution >= 4 is 12.0 Å². The van der Waals surface area contributed by atoms with Gasteiger partial charge >= 0.3 is 0 Å². The second-order valence-electron chi connectivity index (χ2n) is 4.07. The summed E-state index contributed by atoms with van der Waals surface area (Å²) < 4.78 is 0. The van der Waals surface area contributed by atoms with Crippen molar-refractivity contribution in [1.29, 1.82) is 0 Å². The Balaban J connectivity index is 2.25. The number of carbonyl (C=O) groups excluding carboxylic acids is 1. The molecular weight excluding hydrogens is 186 g/mol. The van der Waals surface area contributed by atoms with E-state index in [0.717, 1.165) is 31.4 Å². The second-order valence-corrected chi connectivity index (χ2v) is 4.07. The van der Waals surface area contributed by atoms with Crippen molar-refractivity contribution in [2.75, 3.05) is 18.0 Å². The van der Waals surface area contributed by atoms with Gasteiger partial charge in [-0.05, 0) is 30.0 Å². The van der Waals surface area contributed by atoms with E-state index >= 15 is 0 Å². The lowest BCUT2D eigenvalue weighted by Crippen LogP contribution is -2.21. The van der Waals surface area contributed by atoms with Gasteiger partial charge in [0.25, 0.3) is 0 Å². The van der Waals surface area contributed by atoms with Crippen LogP contribution in [0.15, 0.2) is 18.2 Å². The number of benzene rings is 1. The van der Waals surface area contributed by atoms with Gasteiger partial charge in [0.15, 0.2) is 0 Å². The number of carbonyl (C=O) groups is 1. The van der Waals surface area contributed by atoms with E-state index < -0.39 is 0 Å². The molecule has 1 aliphatic rings. The van der Waals surface area contributed by atoms with Crippen LogP contribution in [0.3, 0.4) is 0 Å². The van der Waals surface area contributed by atoms with E-state index in [9.17, 15) is 4.79 Å². The SMILES string of the molecule is CCCN1CCc2ccc(CC=O)cc21. The van der Waals surface area contributed by atoms with Crippen molar-refractivity contribution in [2.24, 2.45) is 0 Å². The van der Waals surface area contributed by atoms with E-state index in [2.05, 4.69) is 30.0 Å². The summed E-state index contributed by atoms with van der Waals surface area (Å²) in [6, 6.07) is 6.42. The summed E-state index contributed by atoms with van der Waals surface area (Å²) in [5.74, 6) is 0. The summed E-state index contributed by atoms with van der Waals surface area (Å²) in [5, 5.41) is 0. The third-order valence-corrected chi connectivity index (χ3v) is 2.95. The van der Waals surface area contributed by atoms with Gasteiger partial charge < -0.3 is 9.69 Å². The van der Waals surface area contributed by atoms with Crippen LogP contribution < -0.4 is 4.90 Å². The van der Waals surface area contributed by atoms with E-state index in [1.807, 2.05) is 0 Å². The van der Waals surface area contributed by atoms with E-state index in [0.29, 0.717) is 6.42 Å². The lowest BCUT2D eigenvalue weighted by molar-refractivity contribution is -0.107. The fourth-order valence-corrected chi connectivity index (χ4v) is 2.22. The quantitative estimate of drug-likeness (QED) is 0.699. The first kappa shape index (κ1) is 10.2. The average Bonchev–Trinajstić information content (AvgIpc) is 2.63. The maximum atomic E-state index is 10.5. The van der Waals surface area contributed by atoms with Crippen LogP contribution in [0.1, 0.15) is 24.5 Å². The van der Waals surface area contributed by atoms with Gasteiger partial charge in [0.05, 0.1) is 0 Å². The van der Waals surface area contributed by atoms with Crippen LogP contribution in [-0.4, -0.2) is 19.4 Å². The van der Waals surface area contributed by atoms with Gasteiger partial charge in [0.1, 0.15) is 6.29 Å². The molecule has 0 bridgehead atoms. The molecule has 2 heteroatoms. The molecule has 0 atom stereocenters. The highest BCUT2D eigenvalue weighted by Gasteiger charge is 2.17. The molecule has 0 spiro atoms. The first-order valence-electron chi connectivity index (χ1n) is 5.65. The van der Waals surface area contributed by atoms with Gasteiger partial charge in [-0.25, -0.2) is 0 Å². The van der Waals surface area contributed by atoms with Crippen LogP contribution in [0.5, 0.6) is 0 Å². The number of anilines is 1. The lowest BCUT2D eigenvalue weighted by Gasteiger charge is -2.18. The molecule has 0 unspecified atom stereocenters. The molecule has 15 heavy (non-hydrogen) atoms. The molecule has 0 amide bonds. The molecule has 0 saturated heterocycles. The average molecular weight is 203 g/mol. The molecule has 80 valence electrons. The molecule has 1 aliphatic heterocycles. The van der Waals surface area contributed by atoms with Crippen molar-refractivity contribution in [3.05, 3.63) is 29.3 Å². The summed E-state index contributed by atoms with van der Waals surface area (Å²) in [5.41, 5.74) is 3.90. The summed E-state index contributed by atoms with van der Waals surface area (Å²) in [6.45, 7) is 4.46. The highest BCUT2D eigenvalue weighted by Crippen LogP contribution is 2.29. The number of fused-ring (bicyclic) bond motifs is 1. The Morgan fingerprint density at radius 3 is 3.07 bits per heavy atom. The van der Waals surface area contributed by atoms with Crippen LogP contribution >= 0.6 is 0 Å². The van der Waals surface area contributed by atoms with Crippen LogP contribution in [0, 0.1) is 0 Å². The summed E-state index contributed by atoms with van der Waals surface area (Å²) in [4.78, 5) is 12.9. The van der Waals surface area contributed by atoms with Crippen molar-refractivity contribution in [1.82, 2.24) is 0 Å². The van der Waals surface area contributed by atoms with E-state index in [-0.39, 0.29) is 0 Å². The second kappa shape index (κ2) is 4.47. The Hall–Kier alpha value is -1.31. The topological polar surface area (TPSA) is 20.3 Å². The maximum absolute atomic E-state index is 10.5.